The van der Waals surface area contributed by atoms with Gasteiger partial charge in [-0.05, 0) is 76.4 Å². The molecule has 2 N–H and O–H groups in total. The van der Waals surface area contributed by atoms with E-state index in [4.69, 9.17) is 4.74 Å². The molecule has 1 aliphatic heterocycles. The number of hydrogen-bond acceptors (Lipinski definition) is 3. The highest BCUT2D eigenvalue weighted by molar-refractivity contribution is 5.90. The molecular weight excluding hydrogens is 264 g/mol. The van der Waals surface area contributed by atoms with Gasteiger partial charge in [-0.3, -0.25) is 4.79 Å². The highest BCUT2D eigenvalue weighted by Crippen LogP contribution is 2.23. The first-order valence-corrected chi connectivity index (χ1v) is 7.82. The van der Waals surface area contributed by atoms with Crippen LogP contribution in [-0.2, 0) is 4.79 Å². The van der Waals surface area contributed by atoms with E-state index in [9.17, 15) is 4.79 Å². The molecule has 1 fully saturated rings. The number of aryl methyl sites for hydroxylation is 1. The van der Waals surface area contributed by atoms with Crippen molar-refractivity contribution in [1.82, 2.24) is 5.32 Å². The summed E-state index contributed by atoms with van der Waals surface area (Å²) in [5.74, 6) is 1.62. The van der Waals surface area contributed by atoms with Crippen molar-refractivity contribution in [3.8, 4) is 5.75 Å². The second kappa shape index (κ2) is 7.46. The van der Waals surface area contributed by atoms with Crippen LogP contribution in [0.3, 0.4) is 0 Å². The summed E-state index contributed by atoms with van der Waals surface area (Å²) in [6, 6.07) is 5.79. The van der Waals surface area contributed by atoms with E-state index in [1.807, 2.05) is 39.0 Å². The smallest absolute Gasteiger partial charge is 0.224 e. The molecule has 1 heterocycles. The van der Waals surface area contributed by atoms with Gasteiger partial charge in [0.1, 0.15) is 5.75 Å². The molecule has 1 aromatic carbocycles. The summed E-state index contributed by atoms with van der Waals surface area (Å²) in [4.78, 5) is 12.0. The predicted molar refractivity (Wildman–Crippen MR) is 85.8 cm³/mol. The minimum absolute atomic E-state index is 0.0961. The van der Waals surface area contributed by atoms with E-state index >= 15 is 0 Å². The van der Waals surface area contributed by atoms with Crippen LogP contribution >= 0.6 is 0 Å². The Bertz CT molecular complexity index is 480. The van der Waals surface area contributed by atoms with Crippen LogP contribution in [0.25, 0.3) is 0 Å². The first-order valence-electron chi connectivity index (χ1n) is 7.82. The number of benzene rings is 1. The number of ether oxygens (including phenoxy) is 1. The Morgan fingerprint density at radius 3 is 2.90 bits per heavy atom. The molecule has 0 saturated carbocycles. The molecule has 0 aromatic heterocycles. The van der Waals surface area contributed by atoms with E-state index in [0.29, 0.717) is 12.3 Å². The monoisotopic (exact) mass is 290 g/mol. The lowest BCUT2D eigenvalue weighted by atomic mass is 10.0. The second-order valence-corrected chi connectivity index (χ2v) is 6.09. The molecule has 0 radical (unpaired) electrons. The number of rotatable bonds is 6. The Morgan fingerprint density at radius 1 is 1.48 bits per heavy atom. The maximum Gasteiger partial charge on any atom is 0.224 e. The van der Waals surface area contributed by atoms with Crippen molar-refractivity contribution >= 4 is 11.6 Å². The van der Waals surface area contributed by atoms with Gasteiger partial charge in [0.05, 0.1) is 6.10 Å². The van der Waals surface area contributed by atoms with Gasteiger partial charge in [0.15, 0.2) is 0 Å². The molecule has 1 atom stereocenters. The second-order valence-electron chi connectivity index (χ2n) is 6.09. The maximum absolute atomic E-state index is 12.0. The van der Waals surface area contributed by atoms with Crippen molar-refractivity contribution in [2.75, 3.05) is 18.4 Å². The van der Waals surface area contributed by atoms with Gasteiger partial charge < -0.3 is 15.4 Å². The average Bonchev–Trinajstić information content (AvgIpc) is 2.92. The van der Waals surface area contributed by atoms with Crippen LogP contribution in [0.4, 0.5) is 5.69 Å². The van der Waals surface area contributed by atoms with Crippen LogP contribution in [-0.4, -0.2) is 25.1 Å². The zero-order chi connectivity index (χ0) is 15.2. The molecule has 0 bridgehead atoms. The number of amides is 1. The largest absolute Gasteiger partial charge is 0.491 e. The Labute approximate surface area is 127 Å². The number of nitrogens with one attached hydrogen (secondary N) is 2. The lowest BCUT2D eigenvalue weighted by Crippen LogP contribution is -2.15. The van der Waals surface area contributed by atoms with Gasteiger partial charge in [0.2, 0.25) is 5.91 Å². The van der Waals surface area contributed by atoms with Crippen LogP contribution in [0.2, 0.25) is 0 Å². The van der Waals surface area contributed by atoms with Crippen LogP contribution in [0.5, 0.6) is 5.75 Å². The summed E-state index contributed by atoms with van der Waals surface area (Å²) in [6.07, 6.45) is 2.90. The van der Waals surface area contributed by atoms with Gasteiger partial charge in [0, 0.05) is 12.1 Å². The number of carbonyl (C=O) groups excluding carboxylic acids is 1. The SMILES string of the molecule is Cc1cc(NC(=O)CCC2CCNC2)ccc1OC(C)C. The highest BCUT2D eigenvalue weighted by atomic mass is 16.5. The zero-order valence-corrected chi connectivity index (χ0v) is 13.2. The fourth-order valence-electron chi connectivity index (χ4n) is 2.63. The topological polar surface area (TPSA) is 50.4 Å². The molecule has 1 unspecified atom stereocenters. The van der Waals surface area contributed by atoms with Crippen molar-refractivity contribution in [2.45, 2.75) is 46.1 Å². The van der Waals surface area contributed by atoms with Gasteiger partial charge in [0.25, 0.3) is 0 Å². The Morgan fingerprint density at radius 2 is 2.29 bits per heavy atom. The average molecular weight is 290 g/mol. The van der Waals surface area contributed by atoms with Crippen LogP contribution in [0, 0.1) is 12.8 Å². The molecule has 1 aliphatic rings. The predicted octanol–water partition coefficient (Wildman–Crippen LogP) is 3.11. The van der Waals surface area contributed by atoms with E-state index in [1.54, 1.807) is 0 Å². The van der Waals surface area contributed by atoms with Gasteiger partial charge in [-0.2, -0.15) is 0 Å². The van der Waals surface area contributed by atoms with Crippen LogP contribution in [0.15, 0.2) is 18.2 Å². The van der Waals surface area contributed by atoms with E-state index in [0.717, 1.165) is 36.5 Å². The molecule has 4 nitrogen and oxygen atoms in total. The molecule has 0 spiro atoms. The quantitative estimate of drug-likeness (QED) is 0.846. The molecular formula is C17H26N2O2. The molecule has 1 saturated heterocycles. The van der Waals surface area contributed by atoms with E-state index in [2.05, 4.69) is 10.6 Å². The van der Waals surface area contributed by atoms with Crippen molar-refractivity contribution in [3.05, 3.63) is 23.8 Å². The van der Waals surface area contributed by atoms with Gasteiger partial charge in [-0.15, -0.1) is 0 Å². The number of hydrogen-bond donors (Lipinski definition) is 2. The molecule has 1 aromatic rings. The summed E-state index contributed by atoms with van der Waals surface area (Å²) in [5, 5.41) is 6.30. The van der Waals surface area contributed by atoms with Gasteiger partial charge in [-0.1, -0.05) is 0 Å². The third-order valence-electron chi connectivity index (χ3n) is 3.76. The van der Waals surface area contributed by atoms with Crippen LogP contribution < -0.4 is 15.4 Å². The molecule has 116 valence electrons. The van der Waals surface area contributed by atoms with E-state index in [1.165, 1.54) is 6.42 Å². The molecule has 0 aliphatic carbocycles. The molecule has 2 rings (SSSR count). The van der Waals surface area contributed by atoms with E-state index in [-0.39, 0.29) is 12.0 Å². The standard InChI is InChI=1S/C17H26N2O2/c1-12(2)21-16-6-5-15(10-13(16)3)19-17(20)7-4-14-8-9-18-11-14/h5-6,10,12,14,18H,4,7-9,11H2,1-3H3,(H,19,20). The minimum Gasteiger partial charge on any atom is -0.491 e. The Kier molecular flexibility index (Phi) is 5.62. The summed E-state index contributed by atoms with van der Waals surface area (Å²) < 4.78 is 5.70. The first-order chi connectivity index (χ1) is 10.0. The summed E-state index contributed by atoms with van der Waals surface area (Å²) in [5.41, 5.74) is 1.89. The van der Waals surface area contributed by atoms with Crippen molar-refractivity contribution < 1.29 is 9.53 Å². The van der Waals surface area contributed by atoms with Crippen LogP contribution in [0.1, 0.15) is 38.7 Å². The van der Waals surface area contributed by atoms with Crippen molar-refractivity contribution in [3.63, 3.8) is 0 Å². The lowest BCUT2D eigenvalue weighted by Gasteiger charge is -2.14. The zero-order valence-electron chi connectivity index (χ0n) is 13.2. The Hall–Kier alpha value is -1.55. The number of anilines is 1. The van der Waals surface area contributed by atoms with Crippen molar-refractivity contribution in [2.24, 2.45) is 5.92 Å². The third-order valence-corrected chi connectivity index (χ3v) is 3.76. The number of carbonyl (C=O) groups is 1. The summed E-state index contributed by atoms with van der Waals surface area (Å²) in [6.45, 7) is 8.15. The minimum atomic E-state index is 0.0961. The fourth-order valence-corrected chi connectivity index (χ4v) is 2.63. The third kappa shape index (κ3) is 5.05. The molecule has 4 heteroatoms. The van der Waals surface area contributed by atoms with Gasteiger partial charge in [-0.25, -0.2) is 0 Å². The molecule has 1 amide bonds. The highest BCUT2D eigenvalue weighted by Gasteiger charge is 2.15. The maximum atomic E-state index is 12.0. The Balaban J connectivity index is 1.84. The normalized spacial score (nSPS) is 18.0. The van der Waals surface area contributed by atoms with Crippen molar-refractivity contribution in [1.29, 1.82) is 0 Å². The fraction of sp³-hybridized carbons (Fsp3) is 0.588. The molecule has 21 heavy (non-hydrogen) atoms. The van der Waals surface area contributed by atoms with Gasteiger partial charge >= 0.3 is 0 Å². The lowest BCUT2D eigenvalue weighted by molar-refractivity contribution is -0.116. The summed E-state index contributed by atoms with van der Waals surface area (Å²) >= 11 is 0. The van der Waals surface area contributed by atoms with E-state index < -0.39 is 0 Å². The first kappa shape index (κ1) is 15.8. The summed E-state index contributed by atoms with van der Waals surface area (Å²) in [7, 11) is 0.